The fourth-order valence-corrected chi connectivity index (χ4v) is 2.99. The van der Waals surface area contributed by atoms with Crippen LogP contribution in [0.5, 0.6) is 5.88 Å². The highest BCUT2D eigenvalue weighted by Gasteiger charge is 2.38. The summed E-state index contributed by atoms with van der Waals surface area (Å²) in [5.74, 6) is -0.141. The van der Waals surface area contributed by atoms with Gasteiger partial charge in [0.1, 0.15) is 19.0 Å². The normalized spacial score (nSPS) is 17.5. The van der Waals surface area contributed by atoms with Gasteiger partial charge in [-0.25, -0.2) is 14.2 Å². The van der Waals surface area contributed by atoms with Crippen LogP contribution in [0.3, 0.4) is 0 Å². The zero-order chi connectivity index (χ0) is 19.8. The minimum atomic E-state index is -0.983. The number of ether oxygens (including phenoxy) is 2. The lowest BCUT2D eigenvalue weighted by molar-refractivity contribution is 0.0766. The Balaban J connectivity index is 1.72. The van der Waals surface area contributed by atoms with Gasteiger partial charge in [0, 0.05) is 35.8 Å². The van der Waals surface area contributed by atoms with Crippen LogP contribution in [0.2, 0.25) is 0 Å². The molecule has 2 N–H and O–H groups in total. The molecule has 0 spiro atoms. The largest absolute Gasteiger partial charge is 0.473 e. The standard InChI is InChI=1S/C19H24FN3O4/c1-19(2,3)16(20)12(10-27-18(21)25)9-26-15-6-11-8-23(13-4-5-13)17(24)14(11)7-22-15/h6-7,13H,4-5,8-10H2,1-3H3,(H2,21,25). The maximum absolute atomic E-state index is 14.6. The minimum Gasteiger partial charge on any atom is -0.473 e. The van der Waals surface area contributed by atoms with E-state index in [1.165, 1.54) is 6.20 Å². The lowest BCUT2D eigenvalue weighted by atomic mass is 9.92. The second-order valence-electron chi connectivity index (χ2n) is 7.91. The van der Waals surface area contributed by atoms with Gasteiger partial charge in [-0.1, -0.05) is 20.8 Å². The molecular weight excluding hydrogens is 353 g/mol. The Morgan fingerprint density at radius 1 is 1.37 bits per heavy atom. The second kappa shape index (κ2) is 7.17. The second-order valence-corrected chi connectivity index (χ2v) is 7.91. The quantitative estimate of drug-likeness (QED) is 0.822. The average Bonchev–Trinajstić information content (AvgIpc) is 3.38. The zero-order valence-corrected chi connectivity index (χ0v) is 15.8. The van der Waals surface area contributed by atoms with Crippen LogP contribution in [0, 0.1) is 5.41 Å². The highest BCUT2D eigenvalue weighted by molar-refractivity contribution is 5.98. The number of primary amides is 1. The number of pyridine rings is 1. The molecule has 1 aromatic heterocycles. The number of nitrogens with two attached hydrogens (primary N) is 1. The molecule has 8 heteroatoms. The van der Waals surface area contributed by atoms with Crippen LogP contribution in [-0.4, -0.2) is 41.1 Å². The number of fused-ring (bicyclic) bond motifs is 1. The van der Waals surface area contributed by atoms with Crippen molar-refractivity contribution in [1.82, 2.24) is 9.88 Å². The molecule has 0 aromatic carbocycles. The molecule has 27 heavy (non-hydrogen) atoms. The Labute approximate surface area is 157 Å². The van der Waals surface area contributed by atoms with Crippen molar-refractivity contribution in [2.45, 2.75) is 46.2 Å². The van der Waals surface area contributed by atoms with Gasteiger partial charge in [0.15, 0.2) is 0 Å². The monoisotopic (exact) mass is 377 g/mol. The van der Waals surface area contributed by atoms with E-state index < -0.39 is 17.3 Å². The van der Waals surface area contributed by atoms with Crippen molar-refractivity contribution in [3.8, 4) is 5.88 Å². The first-order chi connectivity index (χ1) is 12.7. The molecule has 1 aliphatic carbocycles. The number of amides is 2. The number of hydrogen-bond acceptors (Lipinski definition) is 5. The predicted octanol–water partition coefficient (Wildman–Crippen LogP) is 2.94. The Kier molecular flexibility index (Phi) is 5.08. The summed E-state index contributed by atoms with van der Waals surface area (Å²) in [5.41, 5.74) is 5.84. The highest BCUT2D eigenvalue weighted by Crippen LogP contribution is 2.35. The third kappa shape index (κ3) is 4.37. The number of hydrogen-bond donors (Lipinski definition) is 1. The maximum Gasteiger partial charge on any atom is 0.404 e. The molecule has 0 saturated heterocycles. The lowest BCUT2D eigenvalue weighted by Gasteiger charge is -2.20. The van der Waals surface area contributed by atoms with E-state index in [0.717, 1.165) is 18.4 Å². The molecule has 0 radical (unpaired) electrons. The molecule has 3 rings (SSSR count). The molecule has 2 amide bonds. The molecule has 2 heterocycles. The summed E-state index contributed by atoms with van der Waals surface area (Å²) in [7, 11) is 0. The fraction of sp³-hybridized carbons (Fsp3) is 0.526. The van der Waals surface area contributed by atoms with Gasteiger partial charge in [-0.2, -0.15) is 0 Å². The summed E-state index contributed by atoms with van der Waals surface area (Å²) in [6.07, 6.45) is 2.59. The van der Waals surface area contributed by atoms with Gasteiger partial charge in [-0.05, 0) is 18.4 Å². The number of nitrogens with zero attached hydrogens (tertiary/aromatic N) is 2. The molecule has 146 valence electrons. The summed E-state index contributed by atoms with van der Waals surface area (Å²) in [5, 5.41) is 0. The smallest absolute Gasteiger partial charge is 0.404 e. The van der Waals surface area contributed by atoms with Gasteiger partial charge in [-0.3, -0.25) is 4.79 Å². The number of halogens is 1. The minimum absolute atomic E-state index is 0.000713. The Morgan fingerprint density at radius 3 is 2.67 bits per heavy atom. The van der Waals surface area contributed by atoms with Gasteiger partial charge >= 0.3 is 6.09 Å². The molecule has 0 atom stereocenters. The number of aromatic nitrogens is 1. The van der Waals surface area contributed by atoms with Crippen molar-refractivity contribution in [2.75, 3.05) is 13.2 Å². The van der Waals surface area contributed by atoms with Crippen molar-refractivity contribution in [1.29, 1.82) is 0 Å². The Hall–Kier alpha value is -2.64. The maximum atomic E-state index is 14.6. The molecule has 0 unspecified atom stereocenters. The highest BCUT2D eigenvalue weighted by atomic mass is 19.1. The van der Waals surface area contributed by atoms with Crippen molar-refractivity contribution in [3.63, 3.8) is 0 Å². The first-order valence-corrected chi connectivity index (χ1v) is 8.89. The Morgan fingerprint density at radius 2 is 2.07 bits per heavy atom. The van der Waals surface area contributed by atoms with Crippen molar-refractivity contribution in [3.05, 3.63) is 34.8 Å². The van der Waals surface area contributed by atoms with Crippen LogP contribution in [0.4, 0.5) is 9.18 Å². The van der Waals surface area contributed by atoms with E-state index in [1.54, 1.807) is 26.8 Å². The number of carbonyl (C=O) groups is 2. The molecular formula is C19H24FN3O4. The van der Waals surface area contributed by atoms with Crippen molar-refractivity contribution in [2.24, 2.45) is 11.1 Å². The Bertz CT molecular complexity index is 797. The first-order valence-electron chi connectivity index (χ1n) is 8.89. The van der Waals surface area contributed by atoms with E-state index in [1.807, 2.05) is 4.90 Å². The van der Waals surface area contributed by atoms with E-state index >= 15 is 0 Å². The van der Waals surface area contributed by atoms with Gasteiger partial charge in [0.2, 0.25) is 5.88 Å². The number of rotatable bonds is 6. The van der Waals surface area contributed by atoms with Gasteiger partial charge < -0.3 is 20.1 Å². The molecule has 1 fully saturated rings. The summed E-state index contributed by atoms with van der Waals surface area (Å²) in [6, 6.07) is 2.03. The van der Waals surface area contributed by atoms with E-state index in [4.69, 9.17) is 15.2 Å². The van der Waals surface area contributed by atoms with Crippen LogP contribution in [-0.2, 0) is 11.3 Å². The molecule has 1 aromatic rings. The van der Waals surface area contributed by atoms with Crippen LogP contribution in [0.1, 0.15) is 49.5 Å². The van der Waals surface area contributed by atoms with Crippen molar-refractivity contribution < 1.29 is 23.5 Å². The number of carbonyl (C=O) groups excluding carboxylic acids is 2. The summed E-state index contributed by atoms with van der Waals surface area (Å²) >= 11 is 0. The third-order valence-corrected chi connectivity index (χ3v) is 4.54. The first kappa shape index (κ1) is 19.1. The summed E-state index contributed by atoms with van der Waals surface area (Å²) < 4.78 is 25.0. The predicted molar refractivity (Wildman–Crippen MR) is 95.8 cm³/mol. The van der Waals surface area contributed by atoms with Gasteiger partial charge in [0.25, 0.3) is 5.91 Å². The summed E-state index contributed by atoms with van der Waals surface area (Å²) in [4.78, 5) is 29.2. The van der Waals surface area contributed by atoms with Crippen LogP contribution in [0.15, 0.2) is 23.7 Å². The topological polar surface area (TPSA) is 94.7 Å². The fourth-order valence-electron chi connectivity index (χ4n) is 2.99. The van der Waals surface area contributed by atoms with E-state index in [0.29, 0.717) is 18.2 Å². The van der Waals surface area contributed by atoms with E-state index in [2.05, 4.69) is 4.98 Å². The van der Waals surface area contributed by atoms with Crippen molar-refractivity contribution >= 4 is 12.0 Å². The van der Waals surface area contributed by atoms with Gasteiger partial charge in [-0.15, -0.1) is 0 Å². The molecule has 7 nitrogen and oxygen atoms in total. The summed E-state index contributed by atoms with van der Waals surface area (Å²) in [6.45, 7) is 5.23. The molecule has 0 bridgehead atoms. The lowest BCUT2D eigenvalue weighted by Crippen LogP contribution is -2.25. The SMILES string of the molecule is CC(C)(C)C(F)=C(COC(N)=O)COc1cc2c(cn1)C(=O)N(C1CC1)C2. The van der Waals surface area contributed by atoms with E-state index in [9.17, 15) is 14.0 Å². The average molecular weight is 377 g/mol. The number of allylic oxidation sites excluding steroid dienone is 1. The molecule has 1 aliphatic heterocycles. The van der Waals surface area contributed by atoms with Crippen LogP contribution >= 0.6 is 0 Å². The van der Waals surface area contributed by atoms with Crippen LogP contribution < -0.4 is 10.5 Å². The van der Waals surface area contributed by atoms with Gasteiger partial charge in [0.05, 0.1) is 5.56 Å². The third-order valence-electron chi connectivity index (χ3n) is 4.54. The van der Waals surface area contributed by atoms with E-state index in [-0.39, 0.29) is 30.6 Å². The molecule has 1 saturated carbocycles. The molecule has 2 aliphatic rings. The van der Waals surface area contributed by atoms with Crippen LogP contribution in [0.25, 0.3) is 0 Å². The zero-order valence-electron chi connectivity index (χ0n) is 15.8.